The van der Waals surface area contributed by atoms with Crippen LogP contribution in [-0.2, 0) is 14.9 Å². The Morgan fingerprint density at radius 1 is 1.30 bits per heavy atom. The molecular formula is C11H10N4O4S. The minimum Gasteiger partial charge on any atom is -0.449 e. The number of hydrogen-bond acceptors (Lipinski definition) is 6. The lowest BCUT2D eigenvalue weighted by Crippen LogP contribution is -2.35. The zero-order valence-corrected chi connectivity index (χ0v) is 11.2. The summed E-state index contributed by atoms with van der Waals surface area (Å²) in [6, 6.07) is 7.33. The molecule has 0 aliphatic rings. The van der Waals surface area contributed by atoms with E-state index < -0.39 is 16.3 Å². The van der Waals surface area contributed by atoms with E-state index in [9.17, 15) is 13.2 Å². The zero-order valence-electron chi connectivity index (χ0n) is 10.4. The molecule has 0 saturated heterocycles. The van der Waals surface area contributed by atoms with Crippen LogP contribution in [0, 0.1) is 22.7 Å². The van der Waals surface area contributed by atoms with E-state index in [1.54, 1.807) is 16.9 Å². The lowest BCUT2D eigenvalue weighted by Gasteiger charge is -2.09. The molecule has 104 valence electrons. The van der Waals surface area contributed by atoms with E-state index in [4.69, 9.17) is 10.5 Å². The first-order valence-corrected chi connectivity index (χ1v) is 6.81. The maximum Gasteiger partial charge on any atom is 0.422 e. The van der Waals surface area contributed by atoms with Crippen molar-refractivity contribution in [3.63, 3.8) is 0 Å². The first-order chi connectivity index (χ1) is 9.41. The van der Waals surface area contributed by atoms with Gasteiger partial charge in [-0.2, -0.15) is 18.9 Å². The van der Waals surface area contributed by atoms with Gasteiger partial charge in [0.1, 0.15) is 12.1 Å². The second-order valence-electron chi connectivity index (χ2n) is 3.41. The Labute approximate surface area is 115 Å². The van der Waals surface area contributed by atoms with Gasteiger partial charge in [-0.25, -0.2) is 9.52 Å². The van der Waals surface area contributed by atoms with Crippen LogP contribution in [0.25, 0.3) is 0 Å². The van der Waals surface area contributed by atoms with E-state index in [1.807, 2.05) is 4.72 Å². The molecule has 1 aromatic rings. The number of amides is 1. The van der Waals surface area contributed by atoms with E-state index >= 15 is 0 Å². The van der Waals surface area contributed by atoms with Gasteiger partial charge >= 0.3 is 16.3 Å². The van der Waals surface area contributed by atoms with E-state index in [0.29, 0.717) is 0 Å². The summed E-state index contributed by atoms with van der Waals surface area (Å²) in [5.41, 5.74) is 0.176. The van der Waals surface area contributed by atoms with Crippen LogP contribution in [0.2, 0.25) is 0 Å². The molecule has 0 unspecified atom stereocenters. The molecule has 2 N–H and O–H groups in total. The Bertz CT molecular complexity index is 700. The molecule has 9 heteroatoms. The van der Waals surface area contributed by atoms with Crippen LogP contribution in [0.4, 0.5) is 10.5 Å². The summed E-state index contributed by atoms with van der Waals surface area (Å²) in [5.74, 6) is 0. The molecule has 20 heavy (non-hydrogen) atoms. The summed E-state index contributed by atoms with van der Waals surface area (Å²) in [5, 5.41) is 17.6. The van der Waals surface area contributed by atoms with Crippen LogP contribution < -0.4 is 9.44 Å². The predicted molar refractivity (Wildman–Crippen MR) is 68.6 cm³/mol. The van der Waals surface area contributed by atoms with Gasteiger partial charge in [-0.1, -0.05) is 0 Å². The molecule has 0 aromatic heterocycles. The zero-order chi connectivity index (χ0) is 15.2. The number of nitrogens with zero attached hydrogens (tertiary/aromatic N) is 2. The highest BCUT2D eigenvalue weighted by Crippen LogP contribution is 2.15. The van der Waals surface area contributed by atoms with Gasteiger partial charge in [0.05, 0.1) is 23.4 Å². The molecule has 0 spiro atoms. The normalized spacial score (nSPS) is 9.95. The largest absolute Gasteiger partial charge is 0.449 e. The number of carbonyl (C=O) groups excluding carboxylic acids is 1. The number of nitriles is 2. The average molecular weight is 294 g/mol. The van der Waals surface area contributed by atoms with Gasteiger partial charge in [0, 0.05) is 0 Å². The standard InChI is InChI=1S/C11H10N4O4S/c1-2-19-11(16)15-20(17,18)14-10-4-3-8(6-12)9(5-10)7-13/h3-5,14H,2H2,1H3,(H,15,16). The molecule has 0 aliphatic heterocycles. The lowest BCUT2D eigenvalue weighted by molar-refractivity contribution is 0.159. The second kappa shape index (κ2) is 6.41. The summed E-state index contributed by atoms with van der Waals surface area (Å²) in [6.45, 7) is 1.55. The highest BCUT2D eigenvalue weighted by atomic mass is 32.2. The molecule has 1 rings (SSSR count). The Hall–Kier alpha value is -2.78. The van der Waals surface area contributed by atoms with Crippen molar-refractivity contribution in [2.75, 3.05) is 11.3 Å². The molecule has 0 atom stereocenters. The summed E-state index contributed by atoms with van der Waals surface area (Å²) in [6.07, 6.45) is -1.12. The monoisotopic (exact) mass is 294 g/mol. The van der Waals surface area contributed by atoms with E-state index in [0.717, 1.165) is 0 Å². The van der Waals surface area contributed by atoms with Crippen LogP contribution in [0.5, 0.6) is 0 Å². The number of anilines is 1. The SMILES string of the molecule is CCOC(=O)NS(=O)(=O)Nc1ccc(C#N)c(C#N)c1. The minimum absolute atomic E-state index is 0.0174. The molecule has 0 bridgehead atoms. The van der Waals surface area contributed by atoms with Crippen molar-refractivity contribution in [2.45, 2.75) is 6.92 Å². The maximum atomic E-state index is 11.6. The fraction of sp³-hybridized carbons (Fsp3) is 0.182. The van der Waals surface area contributed by atoms with Crippen molar-refractivity contribution in [2.24, 2.45) is 0 Å². The van der Waals surface area contributed by atoms with Gasteiger partial charge in [0.25, 0.3) is 0 Å². The van der Waals surface area contributed by atoms with Crippen molar-refractivity contribution < 1.29 is 17.9 Å². The number of ether oxygens (including phenoxy) is 1. The fourth-order valence-corrected chi connectivity index (χ4v) is 2.02. The molecule has 0 heterocycles. The molecule has 8 nitrogen and oxygen atoms in total. The van der Waals surface area contributed by atoms with Crippen molar-refractivity contribution in [1.82, 2.24) is 4.72 Å². The van der Waals surface area contributed by atoms with Crippen LogP contribution in [0.15, 0.2) is 18.2 Å². The highest BCUT2D eigenvalue weighted by Gasteiger charge is 2.15. The Morgan fingerprint density at radius 3 is 2.50 bits per heavy atom. The topological polar surface area (TPSA) is 132 Å². The number of carbonyl (C=O) groups is 1. The van der Waals surface area contributed by atoms with Crippen LogP contribution >= 0.6 is 0 Å². The molecule has 0 saturated carbocycles. The van der Waals surface area contributed by atoms with Gasteiger partial charge in [-0.3, -0.25) is 4.72 Å². The van der Waals surface area contributed by atoms with Crippen molar-refractivity contribution in [3.05, 3.63) is 29.3 Å². The van der Waals surface area contributed by atoms with E-state index in [2.05, 4.69) is 4.74 Å². The van der Waals surface area contributed by atoms with Crippen molar-refractivity contribution >= 4 is 22.0 Å². The summed E-state index contributed by atoms with van der Waals surface area (Å²) in [4.78, 5) is 11.0. The quantitative estimate of drug-likeness (QED) is 0.845. The number of benzene rings is 1. The van der Waals surface area contributed by atoms with Crippen LogP contribution in [0.3, 0.4) is 0 Å². The van der Waals surface area contributed by atoms with Gasteiger partial charge in [0.2, 0.25) is 0 Å². The molecular weight excluding hydrogens is 284 g/mol. The average Bonchev–Trinajstić information content (AvgIpc) is 2.37. The first kappa shape index (κ1) is 15.3. The van der Waals surface area contributed by atoms with E-state index in [-0.39, 0.29) is 23.4 Å². The summed E-state index contributed by atoms with van der Waals surface area (Å²) >= 11 is 0. The van der Waals surface area contributed by atoms with Crippen LogP contribution in [0.1, 0.15) is 18.1 Å². The Morgan fingerprint density at radius 2 is 1.95 bits per heavy atom. The number of nitrogens with one attached hydrogen (secondary N) is 2. The molecule has 1 aromatic carbocycles. The Kier molecular flexibility index (Phi) is 4.89. The fourth-order valence-electron chi connectivity index (χ4n) is 1.25. The van der Waals surface area contributed by atoms with E-state index in [1.165, 1.54) is 25.1 Å². The maximum absolute atomic E-state index is 11.6. The lowest BCUT2D eigenvalue weighted by atomic mass is 10.1. The first-order valence-electron chi connectivity index (χ1n) is 5.33. The van der Waals surface area contributed by atoms with Gasteiger partial charge < -0.3 is 4.74 Å². The van der Waals surface area contributed by atoms with Crippen molar-refractivity contribution in [3.8, 4) is 12.1 Å². The second-order valence-corrected chi connectivity index (χ2v) is 4.83. The minimum atomic E-state index is -4.17. The van der Waals surface area contributed by atoms with Crippen LogP contribution in [-0.4, -0.2) is 21.1 Å². The third kappa shape index (κ3) is 4.15. The smallest absolute Gasteiger partial charge is 0.422 e. The van der Waals surface area contributed by atoms with Crippen molar-refractivity contribution in [1.29, 1.82) is 10.5 Å². The Balaban J connectivity index is 2.91. The molecule has 0 radical (unpaired) electrons. The number of hydrogen-bond donors (Lipinski definition) is 2. The summed E-state index contributed by atoms with van der Waals surface area (Å²) < 4.78 is 31.2. The van der Waals surface area contributed by atoms with Gasteiger partial charge in [-0.05, 0) is 25.1 Å². The summed E-state index contributed by atoms with van der Waals surface area (Å²) in [7, 11) is -4.17. The van der Waals surface area contributed by atoms with Gasteiger partial charge in [-0.15, -0.1) is 0 Å². The van der Waals surface area contributed by atoms with Gasteiger partial charge in [0.15, 0.2) is 0 Å². The third-order valence-electron chi connectivity index (χ3n) is 2.01. The molecule has 1 amide bonds. The highest BCUT2D eigenvalue weighted by molar-refractivity contribution is 7.91. The predicted octanol–water partition coefficient (Wildman–Crippen LogP) is 0.833. The molecule has 0 aliphatic carbocycles. The third-order valence-corrected chi connectivity index (χ3v) is 2.95. The number of rotatable bonds is 4. The molecule has 0 fully saturated rings.